The lowest BCUT2D eigenvalue weighted by atomic mass is 10.1. The quantitative estimate of drug-likeness (QED) is 0.859. The summed E-state index contributed by atoms with van der Waals surface area (Å²) in [6.07, 6.45) is 1.26. The van der Waals surface area contributed by atoms with E-state index in [0.29, 0.717) is 18.7 Å². The minimum Gasteiger partial charge on any atom is -0.480 e. The van der Waals surface area contributed by atoms with Crippen LogP contribution in [0.1, 0.15) is 24.0 Å². The number of anilines is 1. The molecule has 102 valence electrons. The first-order chi connectivity index (χ1) is 8.99. The molecule has 19 heavy (non-hydrogen) atoms. The number of nitrogens with zero attached hydrogens (tertiary/aromatic N) is 1. The Kier molecular flexibility index (Phi) is 3.74. The molecule has 5 nitrogen and oxygen atoms in total. The van der Waals surface area contributed by atoms with Gasteiger partial charge in [-0.15, -0.1) is 0 Å². The molecule has 0 spiro atoms. The van der Waals surface area contributed by atoms with Crippen molar-refractivity contribution < 1.29 is 14.7 Å². The van der Waals surface area contributed by atoms with Crippen molar-refractivity contribution in [3.05, 3.63) is 29.3 Å². The van der Waals surface area contributed by atoms with Crippen LogP contribution in [0.4, 0.5) is 10.5 Å². The lowest BCUT2D eigenvalue weighted by Crippen LogP contribution is -2.42. The second-order valence-corrected chi connectivity index (χ2v) is 4.92. The second-order valence-electron chi connectivity index (χ2n) is 4.92. The van der Waals surface area contributed by atoms with Crippen LogP contribution in [0.25, 0.3) is 0 Å². The van der Waals surface area contributed by atoms with Gasteiger partial charge in [0, 0.05) is 12.2 Å². The fourth-order valence-corrected chi connectivity index (χ4v) is 2.28. The van der Waals surface area contributed by atoms with Crippen LogP contribution < -0.4 is 5.32 Å². The third kappa shape index (κ3) is 2.86. The molecule has 0 saturated carbocycles. The molecule has 2 N–H and O–H groups in total. The number of amides is 2. The summed E-state index contributed by atoms with van der Waals surface area (Å²) in [5.74, 6) is -0.937. The first kappa shape index (κ1) is 13.4. The maximum Gasteiger partial charge on any atom is 0.326 e. The van der Waals surface area contributed by atoms with Crippen molar-refractivity contribution in [1.82, 2.24) is 4.90 Å². The number of hydrogen-bond donors (Lipinski definition) is 2. The van der Waals surface area contributed by atoms with E-state index in [1.165, 1.54) is 4.90 Å². The van der Waals surface area contributed by atoms with Crippen LogP contribution in [-0.4, -0.2) is 34.6 Å². The van der Waals surface area contributed by atoms with Crippen molar-refractivity contribution in [2.75, 3.05) is 11.9 Å². The predicted octanol–water partition coefficient (Wildman–Crippen LogP) is 2.38. The number of hydrogen-bond acceptors (Lipinski definition) is 2. The number of aliphatic carboxylic acids is 1. The molecular formula is C14H18N2O3. The number of carboxylic acid groups (broad SMARTS) is 1. The highest BCUT2D eigenvalue weighted by molar-refractivity contribution is 5.92. The monoisotopic (exact) mass is 262 g/mol. The average Bonchev–Trinajstić information content (AvgIpc) is 2.83. The Morgan fingerprint density at radius 2 is 2.05 bits per heavy atom. The van der Waals surface area contributed by atoms with Crippen molar-refractivity contribution in [1.29, 1.82) is 0 Å². The molecule has 1 unspecified atom stereocenters. The molecule has 0 bridgehead atoms. The molecule has 1 heterocycles. The molecule has 1 fully saturated rings. The first-order valence-electron chi connectivity index (χ1n) is 6.36. The summed E-state index contributed by atoms with van der Waals surface area (Å²) >= 11 is 0. The summed E-state index contributed by atoms with van der Waals surface area (Å²) in [6, 6.07) is 4.61. The summed E-state index contributed by atoms with van der Waals surface area (Å²) in [5.41, 5.74) is 2.95. The van der Waals surface area contributed by atoms with E-state index in [4.69, 9.17) is 5.11 Å². The van der Waals surface area contributed by atoms with E-state index < -0.39 is 12.0 Å². The smallest absolute Gasteiger partial charge is 0.326 e. The molecular weight excluding hydrogens is 244 g/mol. The Morgan fingerprint density at radius 1 is 1.32 bits per heavy atom. The molecule has 1 saturated heterocycles. The predicted molar refractivity (Wildman–Crippen MR) is 72.3 cm³/mol. The Balaban J connectivity index is 2.08. The molecule has 1 aromatic rings. The second kappa shape index (κ2) is 5.30. The molecule has 2 rings (SSSR count). The molecule has 1 atom stereocenters. The van der Waals surface area contributed by atoms with E-state index in [9.17, 15) is 9.59 Å². The van der Waals surface area contributed by atoms with Crippen LogP contribution in [0, 0.1) is 13.8 Å². The highest BCUT2D eigenvalue weighted by atomic mass is 16.4. The van der Waals surface area contributed by atoms with E-state index >= 15 is 0 Å². The van der Waals surface area contributed by atoms with Gasteiger partial charge < -0.3 is 15.3 Å². The van der Waals surface area contributed by atoms with E-state index in [-0.39, 0.29) is 6.03 Å². The van der Waals surface area contributed by atoms with Gasteiger partial charge in [-0.3, -0.25) is 0 Å². The Morgan fingerprint density at radius 3 is 2.68 bits per heavy atom. The summed E-state index contributed by atoms with van der Waals surface area (Å²) in [5, 5.41) is 11.8. The number of carbonyl (C=O) groups excluding carboxylic acids is 1. The van der Waals surface area contributed by atoms with Crippen molar-refractivity contribution in [3.63, 3.8) is 0 Å². The van der Waals surface area contributed by atoms with Crippen LogP contribution in [-0.2, 0) is 4.79 Å². The Hall–Kier alpha value is -2.04. The zero-order valence-electron chi connectivity index (χ0n) is 11.1. The fourth-order valence-electron chi connectivity index (χ4n) is 2.28. The number of likely N-dealkylation sites (tertiary alicyclic amines) is 1. The van der Waals surface area contributed by atoms with E-state index in [1.54, 1.807) is 0 Å². The summed E-state index contributed by atoms with van der Waals surface area (Å²) < 4.78 is 0. The van der Waals surface area contributed by atoms with Gasteiger partial charge in [0.2, 0.25) is 0 Å². The normalized spacial score (nSPS) is 18.4. The standard InChI is InChI=1S/C14H18N2O3/c1-9-5-6-11(8-10(9)2)15-14(19)16-7-3-4-12(16)13(17)18/h5-6,8,12H,3-4,7H2,1-2H3,(H,15,19)(H,17,18). The van der Waals surface area contributed by atoms with Crippen molar-refractivity contribution in [2.45, 2.75) is 32.7 Å². The third-order valence-electron chi connectivity index (χ3n) is 3.56. The van der Waals surface area contributed by atoms with Gasteiger partial charge in [-0.25, -0.2) is 9.59 Å². The maximum absolute atomic E-state index is 12.1. The van der Waals surface area contributed by atoms with E-state index in [0.717, 1.165) is 17.5 Å². The highest BCUT2D eigenvalue weighted by Crippen LogP contribution is 2.20. The summed E-state index contributed by atoms with van der Waals surface area (Å²) in [7, 11) is 0. The van der Waals surface area contributed by atoms with Gasteiger partial charge in [-0.2, -0.15) is 0 Å². The number of aryl methyl sites for hydroxylation is 2. The topological polar surface area (TPSA) is 69.6 Å². The van der Waals surface area contributed by atoms with Gasteiger partial charge in [-0.1, -0.05) is 6.07 Å². The molecule has 1 aliphatic rings. The molecule has 2 amide bonds. The summed E-state index contributed by atoms with van der Waals surface area (Å²) in [6.45, 7) is 4.47. The number of nitrogens with one attached hydrogen (secondary N) is 1. The van der Waals surface area contributed by atoms with Crippen LogP contribution in [0.3, 0.4) is 0 Å². The number of rotatable bonds is 2. The van der Waals surface area contributed by atoms with Gasteiger partial charge in [0.05, 0.1) is 0 Å². The maximum atomic E-state index is 12.1. The third-order valence-corrected chi connectivity index (χ3v) is 3.56. The SMILES string of the molecule is Cc1ccc(NC(=O)N2CCCC2C(=O)O)cc1C. The van der Waals surface area contributed by atoms with Crippen LogP contribution >= 0.6 is 0 Å². The minimum absolute atomic E-state index is 0.340. The number of urea groups is 1. The zero-order chi connectivity index (χ0) is 14.0. The number of benzene rings is 1. The van der Waals surface area contributed by atoms with Crippen molar-refractivity contribution in [2.24, 2.45) is 0 Å². The van der Waals surface area contributed by atoms with Gasteiger partial charge in [-0.05, 0) is 49.9 Å². The van der Waals surface area contributed by atoms with E-state index in [2.05, 4.69) is 5.32 Å². The first-order valence-corrected chi connectivity index (χ1v) is 6.36. The van der Waals surface area contributed by atoms with Crippen molar-refractivity contribution >= 4 is 17.7 Å². The van der Waals surface area contributed by atoms with Crippen molar-refractivity contribution in [3.8, 4) is 0 Å². The Bertz CT molecular complexity index is 513. The van der Waals surface area contributed by atoms with Crippen LogP contribution in [0.15, 0.2) is 18.2 Å². The molecule has 1 aliphatic heterocycles. The van der Waals surface area contributed by atoms with Gasteiger partial charge in [0.25, 0.3) is 0 Å². The lowest BCUT2D eigenvalue weighted by molar-refractivity contribution is -0.141. The largest absolute Gasteiger partial charge is 0.480 e. The molecule has 0 aromatic heterocycles. The summed E-state index contributed by atoms with van der Waals surface area (Å²) in [4.78, 5) is 24.5. The number of carboxylic acids is 1. The number of carbonyl (C=O) groups is 2. The van der Waals surface area contributed by atoms with Gasteiger partial charge >= 0.3 is 12.0 Å². The molecule has 5 heteroatoms. The highest BCUT2D eigenvalue weighted by Gasteiger charge is 2.33. The van der Waals surface area contributed by atoms with E-state index in [1.807, 2.05) is 32.0 Å². The van der Waals surface area contributed by atoms with Crippen LogP contribution in [0.2, 0.25) is 0 Å². The fraction of sp³-hybridized carbons (Fsp3) is 0.429. The molecule has 1 aromatic carbocycles. The molecule has 0 aliphatic carbocycles. The minimum atomic E-state index is -0.937. The average molecular weight is 262 g/mol. The van der Waals surface area contributed by atoms with Gasteiger partial charge in [0.15, 0.2) is 0 Å². The van der Waals surface area contributed by atoms with Gasteiger partial charge in [0.1, 0.15) is 6.04 Å². The van der Waals surface area contributed by atoms with Crippen LogP contribution in [0.5, 0.6) is 0 Å². The molecule has 0 radical (unpaired) electrons. The zero-order valence-corrected chi connectivity index (χ0v) is 11.1. The Labute approximate surface area is 112 Å². The lowest BCUT2D eigenvalue weighted by Gasteiger charge is -2.22.